The van der Waals surface area contributed by atoms with Crippen molar-refractivity contribution in [3.63, 3.8) is 0 Å². The first-order valence-corrected chi connectivity index (χ1v) is 8.67. The lowest BCUT2D eigenvalue weighted by Gasteiger charge is -2.34. The second-order valence-corrected chi connectivity index (χ2v) is 6.71. The van der Waals surface area contributed by atoms with Gasteiger partial charge in [0, 0.05) is 18.4 Å². The number of rotatable bonds is 5. The number of nitrogens with zero attached hydrogens (tertiary/aromatic N) is 1. The van der Waals surface area contributed by atoms with Gasteiger partial charge in [0.25, 0.3) is 0 Å². The SMILES string of the molecule is CN(C)C(c1cccc(Oc2ccccc2)c1)C1CCCCC1=O. The minimum atomic E-state index is 0.0840. The van der Waals surface area contributed by atoms with E-state index >= 15 is 0 Å². The van der Waals surface area contributed by atoms with E-state index in [4.69, 9.17) is 4.74 Å². The van der Waals surface area contributed by atoms with Crippen molar-refractivity contribution in [1.29, 1.82) is 0 Å². The van der Waals surface area contributed by atoms with Gasteiger partial charge < -0.3 is 9.64 Å². The van der Waals surface area contributed by atoms with E-state index in [1.807, 2.05) is 42.5 Å². The van der Waals surface area contributed by atoms with E-state index in [0.717, 1.165) is 42.7 Å². The third-order valence-corrected chi connectivity index (χ3v) is 4.72. The Morgan fingerprint density at radius 1 is 1.00 bits per heavy atom. The van der Waals surface area contributed by atoms with Gasteiger partial charge in [-0.15, -0.1) is 0 Å². The Labute approximate surface area is 144 Å². The Hall–Kier alpha value is -2.13. The van der Waals surface area contributed by atoms with Crippen molar-refractivity contribution in [3.05, 3.63) is 60.2 Å². The molecular formula is C21H25NO2. The van der Waals surface area contributed by atoms with Crippen LogP contribution >= 0.6 is 0 Å². The van der Waals surface area contributed by atoms with Gasteiger partial charge in [0.1, 0.15) is 17.3 Å². The molecule has 0 spiro atoms. The van der Waals surface area contributed by atoms with Crippen LogP contribution in [-0.2, 0) is 4.79 Å². The van der Waals surface area contributed by atoms with Gasteiger partial charge >= 0.3 is 0 Å². The minimum absolute atomic E-state index is 0.0840. The highest BCUT2D eigenvalue weighted by atomic mass is 16.5. The smallest absolute Gasteiger partial charge is 0.137 e. The number of carbonyl (C=O) groups is 1. The molecule has 2 unspecified atom stereocenters. The van der Waals surface area contributed by atoms with Crippen molar-refractivity contribution in [3.8, 4) is 11.5 Å². The van der Waals surface area contributed by atoms with E-state index in [-0.39, 0.29) is 12.0 Å². The zero-order valence-electron chi connectivity index (χ0n) is 14.4. The summed E-state index contributed by atoms with van der Waals surface area (Å²) >= 11 is 0. The summed E-state index contributed by atoms with van der Waals surface area (Å²) in [5, 5.41) is 0. The largest absolute Gasteiger partial charge is 0.457 e. The molecular weight excluding hydrogens is 298 g/mol. The van der Waals surface area contributed by atoms with Crippen molar-refractivity contribution in [2.45, 2.75) is 31.7 Å². The maximum absolute atomic E-state index is 12.4. The second kappa shape index (κ2) is 7.63. The van der Waals surface area contributed by atoms with Gasteiger partial charge in [0.2, 0.25) is 0 Å². The summed E-state index contributed by atoms with van der Waals surface area (Å²) in [6.07, 6.45) is 3.87. The number of Topliss-reactive ketones (excluding diaryl/α,β-unsaturated/α-hetero) is 1. The van der Waals surface area contributed by atoms with Crippen LogP contribution in [0.15, 0.2) is 54.6 Å². The van der Waals surface area contributed by atoms with Crippen molar-refractivity contribution in [2.75, 3.05) is 14.1 Å². The number of carbonyl (C=O) groups excluding carboxylic acids is 1. The van der Waals surface area contributed by atoms with E-state index in [9.17, 15) is 4.79 Å². The number of hydrogen-bond donors (Lipinski definition) is 0. The van der Waals surface area contributed by atoms with Gasteiger partial charge in [-0.05, 0) is 56.8 Å². The predicted octanol–water partition coefficient (Wildman–Crippen LogP) is 4.84. The van der Waals surface area contributed by atoms with Gasteiger partial charge in [0.15, 0.2) is 0 Å². The quantitative estimate of drug-likeness (QED) is 0.788. The van der Waals surface area contributed by atoms with Crippen LogP contribution in [-0.4, -0.2) is 24.8 Å². The normalized spacial score (nSPS) is 19.3. The molecule has 2 aromatic rings. The summed E-state index contributed by atoms with van der Waals surface area (Å²) < 4.78 is 5.96. The van der Waals surface area contributed by atoms with Crippen molar-refractivity contribution < 1.29 is 9.53 Å². The number of ketones is 1. The fraction of sp³-hybridized carbons (Fsp3) is 0.381. The molecule has 3 nitrogen and oxygen atoms in total. The molecule has 1 aliphatic carbocycles. The molecule has 2 atom stereocenters. The van der Waals surface area contributed by atoms with Crippen LogP contribution in [0.1, 0.15) is 37.3 Å². The number of para-hydroxylation sites is 1. The summed E-state index contributed by atoms with van der Waals surface area (Å²) in [5.74, 6) is 2.12. The Balaban J connectivity index is 1.85. The van der Waals surface area contributed by atoms with Crippen LogP contribution in [0.4, 0.5) is 0 Å². The maximum Gasteiger partial charge on any atom is 0.137 e. The van der Waals surface area contributed by atoms with Crippen LogP contribution in [0.2, 0.25) is 0 Å². The van der Waals surface area contributed by atoms with Gasteiger partial charge in [-0.1, -0.05) is 36.8 Å². The van der Waals surface area contributed by atoms with Crippen LogP contribution in [0, 0.1) is 5.92 Å². The van der Waals surface area contributed by atoms with Crippen LogP contribution < -0.4 is 4.74 Å². The predicted molar refractivity (Wildman–Crippen MR) is 96.4 cm³/mol. The number of ether oxygens (including phenoxy) is 1. The molecule has 2 aromatic carbocycles. The summed E-state index contributed by atoms with van der Waals surface area (Å²) in [5.41, 5.74) is 1.15. The molecule has 0 N–H and O–H groups in total. The molecule has 24 heavy (non-hydrogen) atoms. The number of benzene rings is 2. The Morgan fingerprint density at radius 2 is 1.75 bits per heavy atom. The van der Waals surface area contributed by atoms with Crippen molar-refractivity contribution in [1.82, 2.24) is 4.90 Å². The summed E-state index contributed by atoms with van der Waals surface area (Å²) in [6, 6.07) is 18.0. The van der Waals surface area contributed by atoms with Crippen molar-refractivity contribution >= 4 is 5.78 Å². The molecule has 3 heteroatoms. The van der Waals surface area contributed by atoms with Crippen LogP contribution in [0.5, 0.6) is 11.5 Å². The standard InChI is InChI=1S/C21H25NO2/c1-22(2)21(19-13-6-7-14-20(19)23)16-9-8-12-18(15-16)24-17-10-4-3-5-11-17/h3-5,8-12,15,19,21H,6-7,13-14H2,1-2H3. The molecule has 0 aliphatic heterocycles. The lowest BCUT2D eigenvalue weighted by Crippen LogP contribution is -2.34. The second-order valence-electron chi connectivity index (χ2n) is 6.71. The van der Waals surface area contributed by atoms with E-state index in [0.29, 0.717) is 5.78 Å². The first-order chi connectivity index (χ1) is 11.6. The molecule has 3 rings (SSSR count). The average Bonchev–Trinajstić information content (AvgIpc) is 2.58. The van der Waals surface area contributed by atoms with E-state index in [2.05, 4.69) is 31.1 Å². The molecule has 126 valence electrons. The molecule has 0 amide bonds. The fourth-order valence-electron chi connectivity index (χ4n) is 3.62. The lowest BCUT2D eigenvalue weighted by molar-refractivity contribution is -0.126. The molecule has 1 fully saturated rings. The summed E-state index contributed by atoms with van der Waals surface area (Å²) in [7, 11) is 4.11. The molecule has 0 bridgehead atoms. The summed E-state index contributed by atoms with van der Waals surface area (Å²) in [4.78, 5) is 14.6. The Morgan fingerprint density at radius 3 is 2.46 bits per heavy atom. The third-order valence-electron chi connectivity index (χ3n) is 4.72. The van der Waals surface area contributed by atoms with E-state index in [1.54, 1.807) is 0 Å². The van der Waals surface area contributed by atoms with Crippen LogP contribution in [0.25, 0.3) is 0 Å². The monoisotopic (exact) mass is 323 g/mol. The fourth-order valence-corrected chi connectivity index (χ4v) is 3.62. The molecule has 0 heterocycles. The lowest BCUT2D eigenvalue weighted by atomic mass is 9.79. The Kier molecular flexibility index (Phi) is 5.31. The first kappa shape index (κ1) is 16.7. The summed E-state index contributed by atoms with van der Waals surface area (Å²) in [6.45, 7) is 0. The van der Waals surface area contributed by atoms with E-state index in [1.165, 1.54) is 0 Å². The zero-order chi connectivity index (χ0) is 16.9. The zero-order valence-corrected chi connectivity index (χ0v) is 14.4. The highest BCUT2D eigenvalue weighted by Crippen LogP contribution is 2.36. The highest BCUT2D eigenvalue weighted by molar-refractivity contribution is 5.82. The van der Waals surface area contributed by atoms with Gasteiger partial charge in [-0.25, -0.2) is 0 Å². The molecule has 1 saturated carbocycles. The van der Waals surface area contributed by atoms with E-state index < -0.39 is 0 Å². The topological polar surface area (TPSA) is 29.5 Å². The Bertz CT molecular complexity index is 681. The molecule has 0 saturated heterocycles. The maximum atomic E-state index is 12.4. The number of hydrogen-bond acceptors (Lipinski definition) is 3. The molecule has 0 aromatic heterocycles. The molecule has 1 aliphatic rings. The average molecular weight is 323 g/mol. The van der Waals surface area contributed by atoms with Crippen LogP contribution in [0.3, 0.4) is 0 Å². The van der Waals surface area contributed by atoms with Gasteiger partial charge in [-0.2, -0.15) is 0 Å². The van der Waals surface area contributed by atoms with Gasteiger partial charge in [-0.3, -0.25) is 4.79 Å². The van der Waals surface area contributed by atoms with Gasteiger partial charge in [0.05, 0.1) is 0 Å². The van der Waals surface area contributed by atoms with Crippen molar-refractivity contribution in [2.24, 2.45) is 5.92 Å². The first-order valence-electron chi connectivity index (χ1n) is 8.67. The third kappa shape index (κ3) is 3.85. The minimum Gasteiger partial charge on any atom is -0.457 e. The highest BCUT2D eigenvalue weighted by Gasteiger charge is 2.32. The molecule has 0 radical (unpaired) electrons.